The Morgan fingerprint density at radius 3 is 2.89 bits per heavy atom. The van der Waals surface area contributed by atoms with Crippen LogP contribution in [0.2, 0.25) is 0 Å². The van der Waals surface area contributed by atoms with Crippen molar-refractivity contribution < 1.29 is 4.79 Å². The lowest BCUT2D eigenvalue weighted by molar-refractivity contribution is -0.117. The van der Waals surface area contributed by atoms with Crippen LogP contribution in [0.5, 0.6) is 0 Å². The first-order chi connectivity index (χ1) is 8.57. The number of carbonyl (C=O) groups excluding carboxylic acids is 1. The van der Waals surface area contributed by atoms with Crippen molar-refractivity contribution in [1.82, 2.24) is 5.32 Å². The highest BCUT2D eigenvalue weighted by Crippen LogP contribution is 2.39. The van der Waals surface area contributed by atoms with Crippen molar-refractivity contribution in [2.45, 2.75) is 26.2 Å². The number of amides is 1. The topological polar surface area (TPSA) is 55.1 Å². The van der Waals surface area contributed by atoms with E-state index < -0.39 is 0 Å². The highest BCUT2D eigenvalue weighted by atomic mass is 16.1. The van der Waals surface area contributed by atoms with E-state index in [1.807, 2.05) is 24.3 Å². The first-order valence-corrected chi connectivity index (χ1v) is 6.39. The summed E-state index contributed by atoms with van der Waals surface area (Å²) in [7, 11) is 0. The molecule has 2 rings (SSSR count). The summed E-state index contributed by atoms with van der Waals surface area (Å²) in [6.07, 6.45) is 7.07. The van der Waals surface area contributed by atoms with Gasteiger partial charge in [0.05, 0.1) is 0 Å². The van der Waals surface area contributed by atoms with Crippen LogP contribution in [0.3, 0.4) is 0 Å². The zero-order chi connectivity index (χ0) is 13.0. The predicted octanol–water partition coefficient (Wildman–Crippen LogP) is 2.59. The number of carbonyl (C=O) groups is 1. The summed E-state index contributed by atoms with van der Waals surface area (Å²) in [6.45, 7) is 2.99. The van der Waals surface area contributed by atoms with Crippen LogP contribution in [-0.2, 0) is 4.79 Å². The van der Waals surface area contributed by atoms with Crippen LogP contribution in [0, 0.1) is 5.41 Å². The molecule has 96 valence electrons. The minimum Gasteiger partial charge on any atom is -0.399 e. The average molecular weight is 244 g/mol. The van der Waals surface area contributed by atoms with Gasteiger partial charge in [0.1, 0.15) is 0 Å². The van der Waals surface area contributed by atoms with Gasteiger partial charge in [0.25, 0.3) is 0 Å². The number of nitrogen functional groups attached to an aromatic ring is 1. The summed E-state index contributed by atoms with van der Waals surface area (Å²) in [5.41, 5.74) is 7.64. The van der Waals surface area contributed by atoms with Gasteiger partial charge < -0.3 is 11.1 Å². The number of nitrogens with one attached hydrogen (secondary N) is 1. The van der Waals surface area contributed by atoms with Crippen molar-refractivity contribution in [3.8, 4) is 0 Å². The third kappa shape index (κ3) is 3.36. The van der Waals surface area contributed by atoms with Crippen LogP contribution in [-0.4, -0.2) is 12.5 Å². The average Bonchev–Trinajstić information content (AvgIpc) is 2.31. The largest absolute Gasteiger partial charge is 0.399 e. The molecule has 0 spiro atoms. The molecule has 0 bridgehead atoms. The van der Waals surface area contributed by atoms with Crippen molar-refractivity contribution in [3.05, 3.63) is 35.9 Å². The maximum absolute atomic E-state index is 11.7. The van der Waals surface area contributed by atoms with Crippen molar-refractivity contribution in [3.63, 3.8) is 0 Å². The van der Waals surface area contributed by atoms with Crippen LogP contribution in [0.15, 0.2) is 30.3 Å². The summed E-state index contributed by atoms with van der Waals surface area (Å²) in [4.78, 5) is 11.7. The van der Waals surface area contributed by atoms with E-state index in [9.17, 15) is 4.79 Å². The fourth-order valence-electron chi connectivity index (χ4n) is 2.15. The first-order valence-electron chi connectivity index (χ1n) is 6.39. The lowest BCUT2D eigenvalue weighted by Gasteiger charge is -2.38. The highest BCUT2D eigenvalue weighted by Gasteiger charge is 2.31. The van der Waals surface area contributed by atoms with E-state index in [1.54, 1.807) is 12.2 Å². The maximum Gasteiger partial charge on any atom is 0.244 e. The molecule has 1 fully saturated rings. The van der Waals surface area contributed by atoms with Gasteiger partial charge in [-0.25, -0.2) is 0 Å². The molecule has 3 nitrogen and oxygen atoms in total. The van der Waals surface area contributed by atoms with E-state index in [4.69, 9.17) is 5.73 Å². The summed E-state index contributed by atoms with van der Waals surface area (Å²) >= 11 is 0. The van der Waals surface area contributed by atoms with Crippen molar-refractivity contribution in [2.75, 3.05) is 12.3 Å². The van der Waals surface area contributed by atoms with E-state index in [0.717, 1.165) is 12.1 Å². The van der Waals surface area contributed by atoms with Gasteiger partial charge in [0.2, 0.25) is 5.91 Å². The number of nitrogens with two attached hydrogens (primary N) is 1. The molecule has 0 radical (unpaired) electrons. The van der Waals surface area contributed by atoms with E-state index in [2.05, 4.69) is 12.2 Å². The summed E-state index contributed by atoms with van der Waals surface area (Å²) in [5, 5.41) is 2.95. The molecule has 1 saturated carbocycles. The van der Waals surface area contributed by atoms with Crippen LogP contribution in [0.25, 0.3) is 6.08 Å². The Labute approximate surface area is 108 Å². The van der Waals surface area contributed by atoms with Crippen LogP contribution < -0.4 is 11.1 Å². The predicted molar refractivity (Wildman–Crippen MR) is 74.9 cm³/mol. The second kappa shape index (κ2) is 5.25. The summed E-state index contributed by atoms with van der Waals surface area (Å²) < 4.78 is 0. The van der Waals surface area contributed by atoms with Gasteiger partial charge >= 0.3 is 0 Å². The number of anilines is 1. The standard InChI is InChI=1S/C15H20N2O/c1-15(8-3-9-15)11-17-14(18)7-6-12-4-2-5-13(16)10-12/h2,4-7,10H,3,8-9,11,16H2,1H3,(H,17,18)/b7-6+. The quantitative estimate of drug-likeness (QED) is 0.632. The molecule has 1 aliphatic rings. The zero-order valence-electron chi connectivity index (χ0n) is 10.8. The third-order valence-electron chi connectivity index (χ3n) is 3.59. The Bertz CT molecular complexity index is 461. The first kappa shape index (κ1) is 12.7. The molecule has 0 atom stereocenters. The second-order valence-electron chi connectivity index (χ2n) is 5.39. The van der Waals surface area contributed by atoms with E-state index in [0.29, 0.717) is 11.1 Å². The summed E-state index contributed by atoms with van der Waals surface area (Å²) in [5.74, 6) is -0.0365. The molecule has 0 saturated heterocycles. The van der Waals surface area contributed by atoms with Crippen molar-refractivity contribution in [1.29, 1.82) is 0 Å². The Morgan fingerprint density at radius 1 is 1.50 bits per heavy atom. The number of hydrogen-bond donors (Lipinski definition) is 2. The minimum atomic E-state index is -0.0365. The van der Waals surface area contributed by atoms with E-state index >= 15 is 0 Å². The highest BCUT2D eigenvalue weighted by molar-refractivity contribution is 5.91. The normalized spacial score (nSPS) is 17.4. The molecule has 18 heavy (non-hydrogen) atoms. The number of rotatable bonds is 4. The Hall–Kier alpha value is -1.77. The Balaban J connectivity index is 1.83. The Kier molecular flexibility index (Phi) is 3.70. The SMILES string of the molecule is CC1(CNC(=O)/C=C/c2cccc(N)c2)CCC1. The molecule has 1 amide bonds. The van der Waals surface area contributed by atoms with Gasteiger partial charge in [0, 0.05) is 18.3 Å². The lowest BCUT2D eigenvalue weighted by atomic mass is 9.70. The van der Waals surface area contributed by atoms with Gasteiger partial charge in [0.15, 0.2) is 0 Å². The van der Waals surface area contributed by atoms with Gasteiger partial charge in [-0.1, -0.05) is 25.5 Å². The number of benzene rings is 1. The Morgan fingerprint density at radius 2 is 2.28 bits per heavy atom. The van der Waals surface area contributed by atoms with Gasteiger partial charge in [-0.3, -0.25) is 4.79 Å². The molecule has 1 aliphatic carbocycles. The van der Waals surface area contributed by atoms with Crippen LogP contribution in [0.1, 0.15) is 31.7 Å². The molecular formula is C15H20N2O. The molecule has 0 aliphatic heterocycles. The smallest absolute Gasteiger partial charge is 0.244 e. The van der Waals surface area contributed by atoms with Crippen molar-refractivity contribution >= 4 is 17.7 Å². The number of hydrogen-bond acceptors (Lipinski definition) is 2. The molecule has 0 aromatic heterocycles. The van der Waals surface area contributed by atoms with E-state index in [-0.39, 0.29) is 5.91 Å². The third-order valence-corrected chi connectivity index (χ3v) is 3.59. The van der Waals surface area contributed by atoms with Gasteiger partial charge in [-0.2, -0.15) is 0 Å². The molecule has 3 N–H and O–H groups in total. The minimum absolute atomic E-state index is 0.0365. The fourth-order valence-corrected chi connectivity index (χ4v) is 2.15. The van der Waals surface area contributed by atoms with E-state index in [1.165, 1.54) is 19.3 Å². The summed E-state index contributed by atoms with van der Waals surface area (Å²) in [6, 6.07) is 7.47. The van der Waals surface area contributed by atoms with Crippen molar-refractivity contribution in [2.24, 2.45) is 5.41 Å². The molecule has 0 heterocycles. The monoisotopic (exact) mass is 244 g/mol. The molecule has 1 aromatic rings. The van der Waals surface area contributed by atoms with Crippen LogP contribution in [0.4, 0.5) is 5.69 Å². The van der Waals surface area contributed by atoms with Crippen LogP contribution >= 0.6 is 0 Å². The van der Waals surface area contributed by atoms with Gasteiger partial charge in [-0.15, -0.1) is 0 Å². The fraction of sp³-hybridized carbons (Fsp3) is 0.400. The second-order valence-corrected chi connectivity index (χ2v) is 5.39. The van der Waals surface area contributed by atoms with Gasteiger partial charge in [-0.05, 0) is 42.0 Å². The molecular weight excluding hydrogens is 224 g/mol. The molecule has 3 heteroatoms. The lowest BCUT2D eigenvalue weighted by Crippen LogP contribution is -2.39. The zero-order valence-corrected chi connectivity index (χ0v) is 10.8. The maximum atomic E-state index is 11.7. The molecule has 1 aromatic carbocycles. The molecule has 0 unspecified atom stereocenters.